The van der Waals surface area contributed by atoms with E-state index in [1.54, 1.807) is 50.1 Å². The maximum Gasteiger partial charge on any atom is 0.223 e. The lowest BCUT2D eigenvalue weighted by Crippen LogP contribution is -2.49. The zero-order valence-electron chi connectivity index (χ0n) is 19.7. The van der Waals surface area contributed by atoms with Gasteiger partial charge in [0.15, 0.2) is 15.6 Å². The predicted molar refractivity (Wildman–Crippen MR) is 130 cm³/mol. The van der Waals surface area contributed by atoms with Gasteiger partial charge in [-0.1, -0.05) is 23.4 Å². The van der Waals surface area contributed by atoms with Crippen molar-refractivity contribution in [2.24, 2.45) is 0 Å². The molecule has 0 aliphatic carbocycles. The molecular weight excluding hydrogens is 454 g/mol. The summed E-state index contributed by atoms with van der Waals surface area (Å²) in [5, 5.41) is 3.87. The van der Waals surface area contributed by atoms with Crippen molar-refractivity contribution in [3.05, 3.63) is 59.8 Å². The molecule has 0 spiro atoms. The summed E-state index contributed by atoms with van der Waals surface area (Å²) in [5.41, 5.74) is 3.05. The minimum absolute atomic E-state index is 0.0490. The number of anilines is 1. The van der Waals surface area contributed by atoms with E-state index in [0.717, 1.165) is 17.1 Å². The number of hydrogen-bond donors (Lipinski definition) is 0. The largest absolute Gasteiger partial charge is 0.497 e. The van der Waals surface area contributed by atoms with Crippen molar-refractivity contribution in [2.45, 2.75) is 25.2 Å². The molecule has 34 heavy (non-hydrogen) atoms. The van der Waals surface area contributed by atoms with Gasteiger partial charge >= 0.3 is 0 Å². The van der Waals surface area contributed by atoms with E-state index in [-0.39, 0.29) is 23.0 Å². The average Bonchev–Trinajstić information content (AvgIpc) is 3.29. The summed E-state index contributed by atoms with van der Waals surface area (Å²) < 4.78 is 36.7. The molecule has 2 heterocycles. The number of hydrogen-bond acceptors (Lipinski definition) is 7. The van der Waals surface area contributed by atoms with Gasteiger partial charge in [0, 0.05) is 56.0 Å². The lowest BCUT2D eigenvalue weighted by Gasteiger charge is -2.36. The van der Waals surface area contributed by atoms with Gasteiger partial charge in [0.2, 0.25) is 5.91 Å². The summed E-state index contributed by atoms with van der Waals surface area (Å²) in [5.74, 6) is 0.924. The van der Waals surface area contributed by atoms with Crippen LogP contribution in [0.2, 0.25) is 0 Å². The summed E-state index contributed by atoms with van der Waals surface area (Å²) in [7, 11) is -2.01. The smallest absolute Gasteiger partial charge is 0.223 e. The maximum atomic E-state index is 13.1. The van der Waals surface area contributed by atoms with Crippen LogP contribution in [0.25, 0.3) is 11.3 Å². The van der Waals surface area contributed by atoms with Gasteiger partial charge in [0.05, 0.1) is 23.5 Å². The van der Waals surface area contributed by atoms with Gasteiger partial charge in [-0.3, -0.25) is 4.79 Å². The third-order valence-electron chi connectivity index (χ3n) is 6.07. The van der Waals surface area contributed by atoms with Crippen LogP contribution in [0.3, 0.4) is 0 Å². The molecule has 1 amide bonds. The molecule has 1 aliphatic rings. The molecule has 3 aromatic rings. The van der Waals surface area contributed by atoms with Crippen molar-refractivity contribution >= 4 is 21.4 Å². The second-order valence-electron chi connectivity index (χ2n) is 8.45. The van der Waals surface area contributed by atoms with Gasteiger partial charge in [0.25, 0.3) is 0 Å². The number of carbonyl (C=O) groups is 1. The Bertz CT molecular complexity index is 1280. The van der Waals surface area contributed by atoms with Crippen LogP contribution in [0.1, 0.15) is 17.7 Å². The normalized spacial score (nSPS) is 14.3. The fourth-order valence-corrected chi connectivity index (χ4v) is 5.63. The highest BCUT2D eigenvalue weighted by Gasteiger charge is 2.25. The molecule has 1 aromatic heterocycles. The standard InChI is InChI=1S/C25H29N3O5S/c1-18-7-8-20(23-15-19(2)26-33-23)16-24(18)34(30,31)14-9-25(29)28-12-10-27(11-13-28)21-5-4-6-22(17-21)32-3/h4-8,15-17H,9-14H2,1-3H3. The van der Waals surface area contributed by atoms with E-state index in [2.05, 4.69) is 10.1 Å². The van der Waals surface area contributed by atoms with E-state index >= 15 is 0 Å². The molecule has 1 saturated heterocycles. The van der Waals surface area contributed by atoms with E-state index < -0.39 is 9.84 Å². The fraction of sp³-hybridized carbons (Fsp3) is 0.360. The number of aryl methyl sites for hydroxylation is 2. The van der Waals surface area contributed by atoms with E-state index in [4.69, 9.17) is 9.26 Å². The number of methoxy groups -OCH3 is 1. The first-order chi connectivity index (χ1) is 16.3. The Labute approximate surface area is 200 Å². The van der Waals surface area contributed by atoms with Gasteiger partial charge in [-0.2, -0.15) is 0 Å². The zero-order valence-corrected chi connectivity index (χ0v) is 20.5. The number of benzene rings is 2. The SMILES string of the molecule is COc1cccc(N2CCN(C(=O)CCS(=O)(=O)c3cc(-c4cc(C)no4)ccc3C)CC2)c1. The zero-order chi connectivity index (χ0) is 24.3. The molecule has 8 nitrogen and oxygen atoms in total. The topological polar surface area (TPSA) is 93.0 Å². The monoisotopic (exact) mass is 483 g/mol. The lowest BCUT2D eigenvalue weighted by atomic mass is 10.1. The number of piperazine rings is 1. The Morgan fingerprint density at radius 2 is 1.82 bits per heavy atom. The van der Waals surface area contributed by atoms with Crippen LogP contribution < -0.4 is 9.64 Å². The van der Waals surface area contributed by atoms with Crippen molar-refractivity contribution in [2.75, 3.05) is 43.9 Å². The first-order valence-corrected chi connectivity index (χ1v) is 12.9. The third-order valence-corrected chi connectivity index (χ3v) is 7.92. The quantitative estimate of drug-likeness (QED) is 0.508. The highest BCUT2D eigenvalue weighted by Crippen LogP contribution is 2.27. The van der Waals surface area contributed by atoms with Gasteiger partial charge < -0.3 is 19.1 Å². The highest BCUT2D eigenvalue weighted by molar-refractivity contribution is 7.91. The number of sulfone groups is 1. The predicted octanol–water partition coefficient (Wildman–Crippen LogP) is 3.48. The molecule has 0 unspecified atom stereocenters. The minimum Gasteiger partial charge on any atom is -0.497 e. The first-order valence-electron chi connectivity index (χ1n) is 11.2. The number of aromatic nitrogens is 1. The first kappa shape index (κ1) is 23.8. The molecule has 2 aromatic carbocycles. The van der Waals surface area contributed by atoms with Crippen LogP contribution >= 0.6 is 0 Å². The van der Waals surface area contributed by atoms with Gasteiger partial charge in [-0.25, -0.2) is 8.42 Å². The van der Waals surface area contributed by atoms with E-state index in [1.807, 2.05) is 24.3 Å². The fourth-order valence-electron chi connectivity index (χ4n) is 4.10. The van der Waals surface area contributed by atoms with Crippen molar-refractivity contribution < 1.29 is 22.5 Å². The lowest BCUT2D eigenvalue weighted by molar-refractivity contribution is -0.131. The molecule has 4 rings (SSSR count). The van der Waals surface area contributed by atoms with Crippen LogP contribution in [0.15, 0.2) is 57.9 Å². The molecule has 0 saturated carbocycles. The van der Waals surface area contributed by atoms with E-state index in [0.29, 0.717) is 43.1 Å². The Morgan fingerprint density at radius 3 is 2.50 bits per heavy atom. The van der Waals surface area contributed by atoms with Crippen molar-refractivity contribution in [1.29, 1.82) is 0 Å². The van der Waals surface area contributed by atoms with Gasteiger partial charge in [0.1, 0.15) is 5.75 Å². The number of ether oxygens (including phenoxy) is 1. The van der Waals surface area contributed by atoms with Crippen molar-refractivity contribution in [3.63, 3.8) is 0 Å². The van der Waals surface area contributed by atoms with Crippen molar-refractivity contribution in [3.8, 4) is 17.1 Å². The van der Waals surface area contributed by atoms with Crippen LogP contribution in [-0.2, 0) is 14.6 Å². The average molecular weight is 484 g/mol. The molecule has 180 valence electrons. The van der Waals surface area contributed by atoms with E-state index in [9.17, 15) is 13.2 Å². The summed E-state index contributed by atoms with van der Waals surface area (Å²) in [4.78, 5) is 17.0. The summed E-state index contributed by atoms with van der Waals surface area (Å²) in [6.45, 7) is 6.03. The third kappa shape index (κ3) is 5.25. The molecule has 1 fully saturated rings. The number of amides is 1. The van der Waals surface area contributed by atoms with Crippen LogP contribution in [0, 0.1) is 13.8 Å². The minimum atomic E-state index is -3.64. The van der Waals surface area contributed by atoms with Crippen LogP contribution in [-0.4, -0.2) is 63.4 Å². The summed E-state index contributed by atoms with van der Waals surface area (Å²) >= 11 is 0. The van der Waals surface area contributed by atoms with Crippen LogP contribution in [0.5, 0.6) is 5.75 Å². The molecule has 0 radical (unpaired) electrons. The summed E-state index contributed by atoms with van der Waals surface area (Å²) in [6, 6.07) is 14.7. The Balaban J connectivity index is 1.37. The Kier molecular flexibility index (Phi) is 6.92. The number of nitrogens with zero attached hydrogens (tertiary/aromatic N) is 3. The Hall–Kier alpha value is -3.33. The molecule has 1 aliphatic heterocycles. The molecule has 9 heteroatoms. The van der Waals surface area contributed by atoms with Gasteiger partial charge in [-0.15, -0.1) is 0 Å². The molecule has 0 atom stereocenters. The van der Waals surface area contributed by atoms with E-state index in [1.165, 1.54) is 0 Å². The number of rotatable bonds is 7. The van der Waals surface area contributed by atoms with Crippen LogP contribution in [0.4, 0.5) is 5.69 Å². The Morgan fingerprint density at radius 1 is 1.06 bits per heavy atom. The van der Waals surface area contributed by atoms with Crippen molar-refractivity contribution in [1.82, 2.24) is 10.1 Å². The number of carbonyl (C=O) groups excluding carboxylic acids is 1. The molecular formula is C25H29N3O5S. The molecule has 0 N–H and O–H groups in total. The van der Waals surface area contributed by atoms with Gasteiger partial charge in [-0.05, 0) is 37.6 Å². The maximum absolute atomic E-state index is 13.1. The molecule has 0 bridgehead atoms. The second-order valence-corrected chi connectivity index (χ2v) is 10.5. The summed E-state index contributed by atoms with van der Waals surface area (Å²) in [6.07, 6.45) is -0.0490. The highest BCUT2D eigenvalue weighted by atomic mass is 32.2. The second kappa shape index (κ2) is 9.89.